The molecule has 0 aliphatic rings. The average molecular weight is 339 g/mol. The fourth-order valence-corrected chi connectivity index (χ4v) is 3.53. The SMILES string of the molecule is C[C@H](CCOCc1ccccc1)[C@H](CO)O[Si](C)(C)C(C)(C)C. The molecule has 1 aromatic rings. The molecular weight excluding hydrogens is 304 g/mol. The van der Waals surface area contributed by atoms with Gasteiger partial charge in [-0.05, 0) is 36.0 Å². The molecule has 2 atom stereocenters. The molecule has 0 aromatic heterocycles. The predicted molar refractivity (Wildman–Crippen MR) is 99.0 cm³/mol. The van der Waals surface area contributed by atoms with Crippen molar-refractivity contribution in [2.75, 3.05) is 13.2 Å². The van der Waals surface area contributed by atoms with Gasteiger partial charge < -0.3 is 14.3 Å². The summed E-state index contributed by atoms with van der Waals surface area (Å²) in [4.78, 5) is 0. The Kier molecular flexibility index (Phi) is 7.94. The standard InChI is InChI=1S/C19H34O3Si/c1-16(12-13-21-15-17-10-8-7-9-11-17)18(14-20)22-23(5,6)19(2,3)4/h7-11,16,18,20H,12-15H2,1-6H3/t16-,18+/m1/s1. The molecule has 0 amide bonds. The Bertz CT molecular complexity index is 440. The van der Waals surface area contributed by atoms with Gasteiger partial charge >= 0.3 is 0 Å². The van der Waals surface area contributed by atoms with E-state index in [1.807, 2.05) is 18.2 Å². The predicted octanol–water partition coefficient (Wildman–Crippen LogP) is 4.61. The maximum Gasteiger partial charge on any atom is 0.192 e. The highest BCUT2D eigenvalue weighted by Gasteiger charge is 2.39. The number of ether oxygens (including phenoxy) is 1. The van der Waals surface area contributed by atoms with E-state index >= 15 is 0 Å². The highest BCUT2D eigenvalue weighted by atomic mass is 28.4. The zero-order chi connectivity index (χ0) is 17.5. The van der Waals surface area contributed by atoms with Gasteiger partial charge in [0.1, 0.15) is 0 Å². The van der Waals surface area contributed by atoms with Crippen molar-refractivity contribution in [2.24, 2.45) is 5.92 Å². The molecule has 0 heterocycles. The minimum atomic E-state index is -1.85. The van der Waals surface area contributed by atoms with Crippen LogP contribution < -0.4 is 0 Å². The third-order valence-electron chi connectivity index (χ3n) is 4.90. The Balaban J connectivity index is 2.40. The molecule has 23 heavy (non-hydrogen) atoms. The molecule has 0 unspecified atom stereocenters. The zero-order valence-corrected chi connectivity index (χ0v) is 16.6. The molecule has 4 heteroatoms. The Morgan fingerprint density at radius 3 is 2.26 bits per heavy atom. The van der Waals surface area contributed by atoms with E-state index in [2.05, 4.69) is 52.9 Å². The van der Waals surface area contributed by atoms with Crippen LogP contribution in [0.2, 0.25) is 18.1 Å². The van der Waals surface area contributed by atoms with Gasteiger partial charge in [0.05, 0.1) is 19.3 Å². The summed E-state index contributed by atoms with van der Waals surface area (Å²) in [6.45, 7) is 14.7. The van der Waals surface area contributed by atoms with Crippen LogP contribution in [-0.4, -0.2) is 32.7 Å². The number of aliphatic hydroxyl groups excluding tert-OH is 1. The van der Waals surface area contributed by atoms with Crippen molar-refractivity contribution in [3.8, 4) is 0 Å². The molecule has 0 saturated heterocycles. The highest BCUT2D eigenvalue weighted by molar-refractivity contribution is 6.74. The number of hydrogen-bond donors (Lipinski definition) is 1. The molecule has 132 valence electrons. The highest BCUT2D eigenvalue weighted by Crippen LogP contribution is 2.38. The lowest BCUT2D eigenvalue weighted by atomic mass is 10.0. The molecule has 0 spiro atoms. The van der Waals surface area contributed by atoms with Crippen LogP contribution in [0.4, 0.5) is 0 Å². The van der Waals surface area contributed by atoms with Crippen LogP contribution in [0.3, 0.4) is 0 Å². The van der Waals surface area contributed by atoms with Crippen molar-refractivity contribution < 1.29 is 14.3 Å². The van der Waals surface area contributed by atoms with Gasteiger partial charge in [0.15, 0.2) is 8.32 Å². The fourth-order valence-electron chi connectivity index (χ4n) is 2.11. The number of aliphatic hydroxyl groups is 1. The smallest absolute Gasteiger partial charge is 0.192 e. The van der Waals surface area contributed by atoms with Crippen molar-refractivity contribution in [3.63, 3.8) is 0 Å². The maximum absolute atomic E-state index is 9.72. The van der Waals surface area contributed by atoms with Crippen LogP contribution in [0, 0.1) is 5.92 Å². The van der Waals surface area contributed by atoms with Gasteiger partial charge in [-0.1, -0.05) is 58.0 Å². The van der Waals surface area contributed by atoms with E-state index in [1.54, 1.807) is 0 Å². The minimum absolute atomic E-state index is 0.0758. The van der Waals surface area contributed by atoms with Crippen LogP contribution in [0.5, 0.6) is 0 Å². The van der Waals surface area contributed by atoms with Gasteiger partial charge in [-0.25, -0.2) is 0 Å². The Labute approximate surface area is 143 Å². The van der Waals surface area contributed by atoms with Gasteiger partial charge in [0, 0.05) is 6.61 Å². The van der Waals surface area contributed by atoms with Gasteiger partial charge in [-0.2, -0.15) is 0 Å². The molecule has 0 aliphatic carbocycles. The van der Waals surface area contributed by atoms with Gasteiger partial charge in [-0.15, -0.1) is 0 Å². The summed E-state index contributed by atoms with van der Waals surface area (Å²) in [7, 11) is -1.85. The second kappa shape index (κ2) is 8.97. The summed E-state index contributed by atoms with van der Waals surface area (Å²) >= 11 is 0. The van der Waals surface area contributed by atoms with E-state index in [9.17, 15) is 5.11 Å². The largest absolute Gasteiger partial charge is 0.411 e. The van der Waals surface area contributed by atoms with Crippen LogP contribution in [0.1, 0.15) is 39.7 Å². The number of hydrogen-bond acceptors (Lipinski definition) is 3. The van der Waals surface area contributed by atoms with Gasteiger partial charge in [-0.3, -0.25) is 0 Å². The van der Waals surface area contributed by atoms with Crippen molar-refractivity contribution >= 4 is 8.32 Å². The Morgan fingerprint density at radius 2 is 1.74 bits per heavy atom. The maximum atomic E-state index is 9.72. The zero-order valence-electron chi connectivity index (χ0n) is 15.6. The van der Waals surface area contributed by atoms with E-state index in [-0.39, 0.29) is 23.7 Å². The second-order valence-corrected chi connectivity index (χ2v) is 12.7. The number of rotatable bonds is 9. The van der Waals surface area contributed by atoms with E-state index in [1.165, 1.54) is 5.56 Å². The van der Waals surface area contributed by atoms with Crippen molar-refractivity contribution in [1.29, 1.82) is 0 Å². The third-order valence-corrected chi connectivity index (χ3v) is 9.40. The van der Waals surface area contributed by atoms with Crippen LogP contribution in [0.15, 0.2) is 30.3 Å². The quantitative estimate of drug-likeness (QED) is 0.528. The lowest BCUT2D eigenvalue weighted by Gasteiger charge is -2.40. The summed E-state index contributed by atoms with van der Waals surface area (Å²) in [6.07, 6.45) is 0.795. The molecule has 0 saturated carbocycles. The molecular formula is C19H34O3Si. The summed E-state index contributed by atoms with van der Waals surface area (Å²) in [6, 6.07) is 10.2. The normalized spacial score (nSPS) is 15.4. The summed E-state index contributed by atoms with van der Waals surface area (Å²) in [5.74, 6) is 0.282. The van der Waals surface area contributed by atoms with Crippen molar-refractivity contribution in [1.82, 2.24) is 0 Å². The summed E-state index contributed by atoms with van der Waals surface area (Å²) in [5.41, 5.74) is 1.19. The molecule has 0 fully saturated rings. The van der Waals surface area contributed by atoms with Crippen LogP contribution in [0.25, 0.3) is 0 Å². The third kappa shape index (κ3) is 6.75. The Morgan fingerprint density at radius 1 is 1.13 bits per heavy atom. The van der Waals surface area contributed by atoms with E-state index in [0.29, 0.717) is 13.2 Å². The van der Waals surface area contributed by atoms with Crippen LogP contribution in [-0.2, 0) is 15.8 Å². The van der Waals surface area contributed by atoms with E-state index < -0.39 is 8.32 Å². The minimum Gasteiger partial charge on any atom is -0.411 e. The molecule has 3 nitrogen and oxygen atoms in total. The lowest BCUT2D eigenvalue weighted by molar-refractivity contribution is 0.0384. The lowest BCUT2D eigenvalue weighted by Crippen LogP contribution is -2.46. The van der Waals surface area contributed by atoms with Crippen molar-refractivity contribution in [3.05, 3.63) is 35.9 Å². The average Bonchev–Trinajstić information content (AvgIpc) is 2.49. The molecule has 1 aromatic carbocycles. The molecule has 0 radical (unpaired) electrons. The van der Waals surface area contributed by atoms with E-state index in [0.717, 1.165) is 6.42 Å². The first-order valence-corrected chi connectivity index (χ1v) is 11.5. The summed E-state index contributed by atoms with van der Waals surface area (Å²) in [5, 5.41) is 9.87. The van der Waals surface area contributed by atoms with Gasteiger partial charge in [0.2, 0.25) is 0 Å². The van der Waals surface area contributed by atoms with Gasteiger partial charge in [0.25, 0.3) is 0 Å². The molecule has 1 N–H and O–H groups in total. The van der Waals surface area contributed by atoms with Crippen LogP contribution >= 0.6 is 0 Å². The molecule has 0 aliphatic heterocycles. The first-order valence-electron chi connectivity index (χ1n) is 8.57. The van der Waals surface area contributed by atoms with Crippen molar-refractivity contribution in [2.45, 2.75) is 65.0 Å². The first kappa shape index (κ1) is 20.4. The second-order valence-electron chi connectivity index (χ2n) is 7.90. The monoisotopic (exact) mass is 338 g/mol. The Hall–Kier alpha value is -0.683. The topological polar surface area (TPSA) is 38.7 Å². The molecule has 0 bridgehead atoms. The number of benzene rings is 1. The molecule has 1 rings (SSSR count). The van der Waals surface area contributed by atoms with E-state index in [4.69, 9.17) is 9.16 Å². The first-order chi connectivity index (χ1) is 10.7. The summed E-state index contributed by atoms with van der Waals surface area (Å²) < 4.78 is 12.1. The fraction of sp³-hybridized carbons (Fsp3) is 0.684.